The molecule has 1 aliphatic heterocycles. The zero-order chi connectivity index (χ0) is 8.39. The molecule has 3 heteroatoms. The molecule has 0 radical (unpaired) electrons. The normalized spacial score (nSPS) is 14.2. The van der Waals surface area contributed by atoms with Gasteiger partial charge in [0, 0.05) is 5.22 Å². The van der Waals surface area contributed by atoms with Gasteiger partial charge < -0.3 is 0 Å². The Labute approximate surface area is 69.5 Å². The van der Waals surface area contributed by atoms with Gasteiger partial charge in [-0.15, -0.1) is 10.3 Å². The van der Waals surface area contributed by atoms with Crippen molar-refractivity contribution in [2.75, 3.05) is 0 Å². The van der Waals surface area contributed by atoms with Crippen molar-refractivity contribution >= 4 is 6.08 Å². The van der Waals surface area contributed by atoms with E-state index in [4.69, 9.17) is 5.21 Å². The molecular weight excluding hydrogens is 152 g/mol. The van der Waals surface area contributed by atoms with Crippen LogP contribution in [-0.2, 0) is 0 Å². The summed E-state index contributed by atoms with van der Waals surface area (Å²) < 4.78 is 0. The summed E-state index contributed by atoms with van der Waals surface area (Å²) in [6.07, 6.45) is 5.13. The molecule has 1 heterocycles. The van der Waals surface area contributed by atoms with Crippen molar-refractivity contribution in [3.05, 3.63) is 47.1 Å². The van der Waals surface area contributed by atoms with E-state index in [0.717, 1.165) is 15.7 Å². The maximum Gasteiger partial charge on any atom is 0.0933 e. The minimum Gasteiger partial charge on any atom is -0.268 e. The summed E-state index contributed by atoms with van der Waals surface area (Å²) in [5.74, 6) is 0. The summed E-state index contributed by atoms with van der Waals surface area (Å²) in [7, 11) is 0. The minimum atomic E-state index is 0.769. The average molecular weight is 160 g/mol. The number of rotatable bonds is 0. The second-order valence-electron chi connectivity index (χ2n) is 2.49. The monoisotopic (exact) mass is 160 g/mol. The molecular formula is C9H8N2O. The Bertz CT molecular complexity index is 422. The Morgan fingerprint density at radius 1 is 1.25 bits per heavy atom. The third kappa shape index (κ3) is 1.22. The van der Waals surface area contributed by atoms with Crippen molar-refractivity contribution < 1.29 is 5.21 Å². The Kier molecular flexibility index (Phi) is 1.64. The van der Waals surface area contributed by atoms with Gasteiger partial charge >= 0.3 is 0 Å². The van der Waals surface area contributed by atoms with Crippen LogP contribution < -0.4 is 10.6 Å². The van der Waals surface area contributed by atoms with Crippen molar-refractivity contribution in [2.24, 2.45) is 5.10 Å². The molecule has 0 atom stereocenters. The largest absolute Gasteiger partial charge is 0.268 e. The second-order valence-corrected chi connectivity index (χ2v) is 2.49. The Morgan fingerprint density at radius 3 is 3.00 bits per heavy atom. The highest BCUT2D eigenvalue weighted by Gasteiger charge is 1.91. The van der Waals surface area contributed by atoms with Crippen LogP contribution in [0.15, 0.2) is 41.6 Å². The zero-order valence-electron chi connectivity index (χ0n) is 6.38. The van der Waals surface area contributed by atoms with E-state index in [9.17, 15) is 0 Å². The molecule has 0 fully saturated rings. The molecule has 1 aromatic rings. The standard InChI is InChI=1S/C9H8N2O/c12-11-7-3-5-8-4-1-2-6-9(8)10-11/h1-7,12H. The highest BCUT2D eigenvalue weighted by atomic mass is 16.5. The molecule has 0 aromatic heterocycles. The summed E-state index contributed by atoms with van der Waals surface area (Å²) in [5.41, 5.74) is 0. The number of fused-ring (bicyclic) bond motifs is 1. The number of allylic oxidation sites excluding steroid dienone is 1. The number of hydrogen-bond acceptors (Lipinski definition) is 3. The molecule has 0 spiro atoms. The molecule has 0 unspecified atom stereocenters. The van der Waals surface area contributed by atoms with Crippen molar-refractivity contribution in [3.8, 4) is 0 Å². The summed E-state index contributed by atoms with van der Waals surface area (Å²) >= 11 is 0. The van der Waals surface area contributed by atoms with Crippen LogP contribution in [0.5, 0.6) is 0 Å². The number of nitrogens with zero attached hydrogens (tertiary/aromatic N) is 2. The first kappa shape index (κ1) is 7.06. The van der Waals surface area contributed by atoms with E-state index in [1.54, 1.807) is 6.08 Å². The molecule has 0 saturated carbocycles. The van der Waals surface area contributed by atoms with Gasteiger partial charge in [-0.1, -0.05) is 24.3 Å². The van der Waals surface area contributed by atoms with Crippen LogP contribution in [0, 0.1) is 0 Å². The van der Waals surface area contributed by atoms with Crippen molar-refractivity contribution in [1.82, 2.24) is 5.17 Å². The van der Waals surface area contributed by atoms with E-state index in [0.29, 0.717) is 0 Å². The highest BCUT2D eigenvalue weighted by Crippen LogP contribution is 1.86. The quantitative estimate of drug-likeness (QED) is 0.589. The van der Waals surface area contributed by atoms with Gasteiger partial charge in [0.05, 0.1) is 11.6 Å². The molecule has 1 aromatic carbocycles. The van der Waals surface area contributed by atoms with E-state index < -0.39 is 0 Å². The number of hydrogen-bond donors (Lipinski definition) is 1. The van der Waals surface area contributed by atoms with Gasteiger partial charge in [0.1, 0.15) is 0 Å². The van der Waals surface area contributed by atoms with Crippen molar-refractivity contribution in [2.45, 2.75) is 0 Å². The van der Waals surface area contributed by atoms with Gasteiger partial charge in [-0.2, -0.15) is 0 Å². The lowest BCUT2D eigenvalue weighted by atomic mass is 10.3. The van der Waals surface area contributed by atoms with Crippen LogP contribution in [0.2, 0.25) is 0 Å². The van der Waals surface area contributed by atoms with E-state index in [1.165, 1.54) is 6.20 Å². The predicted molar refractivity (Wildman–Crippen MR) is 44.5 cm³/mol. The maximum atomic E-state index is 9.10. The molecule has 60 valence electrons. The lowest BCUT2D eigenvalue weighted by molar-refractivity contribution is -0.0429. The molecule has 1 N–H and O–H groups in total. The van der Waals surface area contributed by atoms with Crippen LogP contribution in [0.25, 0.3) is 6.08 Å². The summed E-state index contributed by atoms with van der Waals surface area (Å²) in [6, 6.07) is 7.62. The Morgan fingerprint density at radius 2 is 2.08 bits per heavy atom. The summed E-state index contributed by atoms with van der Waals surface area (Å²) in [5, 5.41) is 15.6. The fourth-order valence-corrected chi connectivity index (χ4v) is 1.09. The van der Waals surface area contributed by atoms with Crippen LogP contribution in [0.3, 0.4) is 0 Å². The first-order chi connectivity index (χ1) is 5.86. The van der Waals surface area contributed by atoms with Gasteiger partial charge in [-0.3, -0.25) is 5.21 Å². The van der Waals surface area contributed by atoms with Crippen molar-refractivity contribution in [1.29, 1.82) is 0 Å². The van der Waals surface area contributed by atoms with Crippen LogP contribution in [0.1, 0.15) is 0 Å². The molecule has 0 amide bonds. The SMILES string of the molecule is ON1C=CC=c2ccccc2=N1. The lowest BCUT2D eigenvalue weighted by Gasteiger charge is -1.99. The van der Waals surface area contributed by atoms with Gasteiger partial charge in [0.25, 0.3) is 0 Å². The number of hydroxylamine groups is 1. The third-order valence-electron chi connectivity index (χ3n) is 1.64. The fourth-order valence-electron chi connectivity index (χ4n) is 1.09. The Hall–Kier alpha value is -1.61. The molecule has 12 heavy (non-hydrogen) atoms. The molecule has 2 rings (SSSR count). The molecule has 0 bridgehead atoms. The number of benzene rings is 1. The lowest BCUT2D eigenvalue weighted by Crippen LogP contribution is -2.25. The van der Waals surface area contributed by atoms with Crippen molar-refractivity contribution in [3.63, 3.8) is 0 Å². The molecule has 0 aliphatic carbocycles. The minimum absolute atomic E-state index is 0.769. The zero-order valence-corrected chi connectivity index (χ0v) is 6.38. The van der Waals surface area contributed by atoms with E-state index in [-0.39, 0.29) is 0 Å². The maximum absolute atomic E-state index is 9.10. The average Bonchev–Trinajstić information content (AvgIpc) is 2.25. The highest BCUT2D eigenvalue weighted by molar-refractivity contribution is 5.36. The van der Waals surface area contributed by atoms with Gasteiger partial charge in [-0.05, 0) is 12.1 Å². The van der Waals surface area contributed by atoms with Gasteiger partial charge in [0.15, 0.2) is 0 Å². The van der Waals surface area contributed by atoms with E-state index in [1.807, 2.05) is 30.3 Å². The second kappa shape index (κ2) is 2.79. The first-order valence-electron chi connectivity index (χ1n) is 3.66. The van der Waals surface area contributed by atoms with E-state index >= 15 is 0 Å². The topological polar surface area (TPSA) is 35.8 Å². The summed E-state index contributed by atoms with van der Waals surface area (Å²) in [4.78, 5) is 0. The van der Waals surface area contributed by atoms with Crippen LogP contribution in [0.4, 0.5) is 0 Å². The predicted octanol–water partition coefficient (Wildman–Crippen LogP) is 0.220. The van der Waals surface area contributed by atoms with Gasteiger partial charge in [-0.25, -0.2) is 0 Å². The van der Waals surface area contributed by atoms with E-state index in [2.05, 4.69) is 5.10 Å². The first-order valence-corrected chi connectivity index (χ1v) is 3.66. The Balaban J connectivity index is 2.75. The van der Waals surface area contributed by atoms with Crippen LogP contribution in [-0.4, -0.2) is 10.4 Å². The van der Waals surface area contributed by atoms with Crippen LogP contribution >= 0.6 is 0 Å². The summed E-state index contributed by atoms with van der Waals surface area (Å²) in [6.45, 7) is 0. The third-order valence-corrected chi connectivity index (χ3v) is 1.64. The molecule has 0 saturated heterocycles. The van der Waals surface area contributed by atoms with Gasteiger partial charge in [0.2, 0.25) is 0 Å². The molecule has 3 nitrogen and oxygen atoms in total. The molecule has 1 aliphatic rings. The fraction of sp³-hybridized carbons (Fsp3) is 0. The smallest absolute Gasteiger partial charge is 0.0933 e.